The Morgan fingerprint density at radius 1 is 1.24 bits per heavy atom. The fourth-order valence-electron chi connectivity index (χ4n) is 4.88. The summed E-state index contributed by atoms with van der Waals surface area (Å²) >= 11 is -2.05. The second-order valence-corrected chi connectivity index (χ2v) is 9.92. The van der Waals surface area contributed by atoms with Crippen LogP contribution in [0.15, 0.2) is 58.1 Å². The van der Waals surface area contributed by atoms with Crippen LogP contribution >= 0.6 is 0 Å². The third-order valence-electron chi connectivity index (χ3n) is 6.98. The summed E-state index contributed by atoms with van der Waals surface area (Å²) in [5, 5.41) is 3.85. The summed E-state index contributed by atoms with van der Waals surface area (Å²) in [5.74, 6) is 0.533. The van der Waals surface area contributed by atoms with Crippen LogP contribution in [0.3, 0.4) is 0 Å². The third kappa shape index (κ3) is 4.56. The van der Waals surface area contributed by atoms with Crippen LogP contribution in [0.25, 0.3) is 11.0 Å². The summed E-state index contributed by atoms with van der Waals surface area (Å²) in [6.45, 7) is 2.00. The van der Waals surface area contributed by atoms with Crippen molar-refractivity contribution in [1.29, 1.82) is 0 Å². The molecule has 9 heteroatoms. The lowest BCUT2D eigenvalue weighted by atomic mass is 9.90. The summed E-state index contributed by atoms with van der Waals surface area (Å²) in [6, 6.07) is 10.2. The van der Waals surface area contributed by atoms with E-state index in [0.29, 0.717) is 41.8 Å². The number of piperidine rings is 1. The van der Waals surface area contributed by atoms with Gasteiger partial charge in [-0.2, -0.15) is 0 Å². The lowest BCUT2D eigenvalue weighted by Crippen LogP contribution is -2.41. The van der Waals surface area contributed by atoms with Gasteiger partial charge in [-0.05, 0) is 60.4 Å². The maximum Gasteiger partial charge on any atom is 0.287 e. The van der Waals surface area contributed by atoms with Gasteiger partial charge in [0.15, 0.2) is 22.4 Å². The maximum absolute atomic E-state index is 12.7. The van der Waals surface area contributed by atoms with Crippen molar-refractivity contribution in [3.05, 3.63) is 60.1 Å². The van der Waals surface area contributed by atoms with Gasteiger partial charge >= 0.3 is 0 Å². The van der Waals surface area contributed by atoms with Crippen LogP contribution in [0.5, 0.6) is 0 Å². The van der Waals surface area contributed by atoms with E-state index >= 15 is 0 Å². The van der Waals surface area contributed by atoms with Crippen molar-refractivity contribution in [1.82, 2.24) is 15.2 Å². The molecule has 1 aromatic carbocycles. The third-order valence-corrected chi connectivity index (χ3v) is 7.64. The molecule has 33 heavy (non-hydrogen) atoms. The van der Waals surface area contributed by atoms with Gasteiger partial charge in [0.05, 0.1) is 17.5 Å². The normalized spacial score (nSPS) is 20.0. The fraction of sp³-hybridized carbons (Fsp3) is 0.375. The van der Waals surface area contributed by atoms with Gasteiger partial charge in [0.2, 0.25) is 5.91 Å². The molecule has 1 saturated carbocycles. The van der Waals surface area contributed by atoms with Crippen LogP contribution in [0.2, 0.25) is 0 Å². The first-order valence-electron chi connectivity index (χ1n) is 11.0. The lowest BCUT2D eigenvalue weighted by molar-refractivity contribution is -0.132. The molecular weight excluding hydrogens is 442 g/mol. The van der Waals surface area contributed by atoms with Crippen LogP contribution in [0.1, 0.15) is 35.4 Å². The first-order valence-corrected chi connectivity index (χ1v) is 12.1. The average Bonchev–Trinajstić information content (AvgIpc) is 3.29. The molecule has 2 N–H and O–H groups in total. The molecule has 2 unspecified atom stereocenters. The number of hydrogen-bond donors (Lipinski definition) is 2. The number of furan rings is 1. The number of fused-ring (bicyclic) bond motifs is 1. The molecule has 8 nitrogen and oxygen atoms in total. The lowest BCUT2D eigenvalue weighted by Gasteiger charge is -2.33. The van der Waals surface area contributed by atoms with Crippen molar-refractivity contribution in [3.8, 4) is 0 Å². The minimum atomic E-state index is -2.05. The van der Waals surface area contributed by atoms with E-state index in [2.05, 4.69) is 10.3 Å². The number of carbonyl (C=O) groups is 2. The summed E-state index contributed by atoms with van der Waals surface area (Å²) in [6.07, 6.45) is 6.40. The van der Waals surface area contributed by atoms with E-state index in [1.54, 1.807) is 42.7 Å². The highest BCUT2D eigenvalue weighted by molar-refractivity contribution is 7.79. The number of pyridine rings is 1. The Bertz CT molecular complexity index is 1200. The van der Waals surface area contributed by atoms with Crippen molar-refractivity contribution in [2.45, 2.75) is 30.6 Å². The van der Waals surface area contributed by atoms with E-state index < -0.39 is 11.1 Å². The van der Waals surface area contributed by atoms with Crippen LogP contribution in [0, 0.1) is 11.3 Å². The maximum atomic E-state index is 12.7. The zero-order valence-corrected chi connectivity index (χ0v) is 18.8. The minimum Gasteiger partial charge on any atom is -0.449 e. The monoisotopic (exact) mass is 467 g/mol. The molecule has 2 amide bonds. The van der Waals surface area contributed by atoms with Crippen molar-refractivity contribution >= 4 is 33.9 Å². The summed E-state index contributed by atoms with van der Waals surface area (Å²) in [5.41, 5.74) is 1.54. The molecule has 2 aliphatic rings. The van der Waals surface area contributed by atoms with Crippen LogP contribution in [-0.2, 0) is 22.3 Å². The number of amides is 2. The molecule has 1 saturated heterocycles. The number of nitrogens with one attached hydrogen (secondary N) is 1. The Morgan fingerprint density at radius 2 is 2.06 bits per heavy atom. The minimum absolute atomic E-state index is 0.0376. The molecule has 3 heterocycles. The van der Waals surface area contributed by atoms with Gasteiger partial charge in [-0.3, -0.25) is 14.6 Å². The largest absolute Gasteiger partial charge is 0.449 e. The second kappa shape index (κ2) is 8.72. The van der Waals surface area contributed by atoms with Crippen LogP contribution < -0.4 is 5.32 Å². The van der Waals surface area contributed by atoms with Crippen molar-refractivity contribution in [2.75, 3.05) is 19.6 Å². The number of aromatic nitrogens is 1. The highest BCUT2D eigenvalue weighted by Crippen LogP contribution is 2.59. The topological polar surface area (TPSA) is 113 Å². The Kier molecular flexibility index (Phi) is 5.76. The average molecular weight is 468 g/mol. The highest BCUT2D eigenvalue weighted by Gasteiger charge is 2.54. The summed E-state index contributed by atoms with van der Waals surface area (Å²) in [4.78, 5) is 31.4. The number of nitrogens with zero attached hydrogens (tertiary/aromatic N) is 2. The van der Waals surface area contributed by atoms with Crippen molar-refractivity contribution in [2.24, 2.45) is 11.3 Å². The Labute approximate surface area is 193 Å². The highest BCUT2D eigenvalue weighted by atomic mass is 32.2. The molecule has 1 aliphatic carbocycles. The van der Waals surface area contributed by atoms with E-state index in [0.717, 1.165) is 30.2 Å². The van der Waals surface area contributed by atoms with E-state index in [-0.39, 0.29) is 23.7 Å². The fourth-order valence-corrected chi connectivity index (χ4v) is 5.33. The Balaban J connectivity index is 1.10. The van der Waals surface area contributed by atoms with Gasteiger partial charge in [0.25, 0.3) is 5.91 Å². The molecule has 1 aliphatic heterocycles. The molecule has 172 valence electrons. The molecule has 2 aromatic heterocycles. The number of likely N-dealkylation sites (tertiary alicyclic amines) is 1. The SMILES string of the molecule is O=C(NCC1CC12CCN(C(=O)Cc1cccc(S(=O)O)c1)CC2)c1cc2ccncc2o1. The number of hydrogen-bond acceptors (Lipinski definition) is 5. The second-order valence-electron chi connectivity index (χ2n) is 8.95. The molecule has 2 atom stereocenters. The molecule has 3 aromatic rings. The number of rotatable bonds is 6. The standard InChI is InChI=1S/C24H25N3O5S/c28-22(11-16-2-1-3-19(10-16)33(30)31)27-8-5-24(6-9-27)13-18(24)14-26-23(29)20-12-17-4-7-25-15-21(17)32-20/h1-4,7,10,12,15,18H,5-6,8-9,11,13-14H2,(H,26,29)(H,30,31). The van der Waals surface area contributed by atoms with Crippen molar-refractivity contribution in [3.63, 3.8) is 0 Å². The van der Waals surface area contributed by atoms with Gasteiger partial charge in [-0.15, -0.1) is 0 Å². The molecule has 0 radical (unpaired) electrons. The smallest absolute Gasteiger partial charge is 0.287 e. The number of benzene rings is 1. The molecule has 0 bridgehead atoms. The quantitative estimate of drug-likeness (QED) is 0.539. The van der Waals surface area contributed by atoms with Crippen LogP contribution in [-0.4, -0.2) is 50.1 Å². The van der Waals surface area contributed by atoms with Gasteiger partial charge in [-0.25, -0.2) is 4.21 Å². The van der Waals surface area contributed by atoms with Crippen molar-refractivity contribution < 1.29 is 22.8 Å². The number of carbonyl (C=O) groups excluding carboxylic acids is 2. The van der Waals surface area contributed by atoms with Gasteiger partial charge in [0, 0.05) is 31.2 Å². The zero-order valence-electron chi connectivity index (χ0n) is 18.0. The molecule has 1 spiro atoms. The Morgan fingerprint density at radius 3 is 2.82 bits per heavy atom. The first kappa shape index (κ1) is 21.8. The van der Waals surface area contributed by atoms with E-state index in [9.17, 15) is 18.4 Å². The Hall–Kier alpha value is -3.04. The van der Waals surface area contributed by atoms with E-state index in [4.69, 9.17) is 4.42 Å². The van der Waals surface area contributed by atoms with E-state index in [1.165, 1.54) is 0 Å². The predicted molar refractivity (Wildman–Crippen MR) is 122 cm³/mol. The van der Waals surface area contributed by atoms with Gasteiger partial charge < -0.3 is 19.2 Å². The molecular formula is C24H25N3O5S. The predicted octanol–water partition coefficient (Wildman–Crippen LogP) is 3.01. The first-order chi connectivity index (χ1) is 15.9. The molecule has 2 fully saturated rings. The van der Waals surface area contributed by atoms with Gasteiger partial charge in [-0.1, -0.05) is 12.1 Å². The summed E-state index contributed by atoms with van der Waals surface area (Å²) in [7, 11) is 0. The van der Waals surface area contributed by atoms with Crippen LogP contribution in [0.4, 0.5) is 0 Å². The molecule has 5 rings (SSSR count). The van der Waals surface area contributed by atoms with E-state index in [1.807, 2.05) is 11.0 Å². The zero-order chi connectivity index (χ0) is 23.0. The summed E-state index contributed by atoms with van der Waals surface area (Å²) < 4.78 is 26.1. The van der Waals surface area contributed by atoms with Gasteiger partial charge in [0.1, 0.15) is 0 Å².